The van der Waals surface area contributed by atoms with Crippen molar-refractivity contribution < 1.29 is 9.53 Å². The Kier molecular flexibility index (Phi) is 4.52. The molecule has 1 aromatic rings. The molecule has 18 heavy (non-hydrogen) atoms. The molecule has 0 aliphatic carbocycles. The van der Waals surface area contributed by atoms with Gasteiger partial charge >= 0.3 is 5.97 Å². The summed E-state index contributed by atoms with van der Waals surface area (Å²) in [6.07, 6.45) is 0.309. The van der Waals surface area contributed by atoms with E-state index in [0.717, 1.165) is 5.56 Å². The molecule has 0 heterocycles. The van der Waals surface area contributed by atoms with Gasteiger partial charge in [0.25, 0.3) is 0 Å². The number of hydrogen-bond acceptors (Lipinski definition) is 3. The molecule has 1 unspecified atom stereocenters. The van der Waals surface area contributed by atoms with Gasteiger partial charge in [0.1, 0.15) is 0 Å². The SMILES string of the molecule is COC(=O)CC(c1ccc(C)cc1C)C(C)(C)N. The van der Waals surface area contributed by atoms with Crippen LogP contribution >= 0.6 is 0 Å². The monoisotopic (exact) mass is 249 g/mol. The second kappa shape index (κ2) is 5.53. The summed E-state index contributed by atoms with van der Waals surface area (Å²) in [5.74, 6) is -0.260. The molecule has 0 radical (unpaired) electrons. The fourth-order valence-corrected chi connectivity index (χ4v) is 2.24. The maximum atomic E-state index is 11.5. The Labute approximate surface area is 109 Å². The molecule has 3 heteroatoms. The average Bonchev–Trinajstić information content (AvgIpc) is 2.25. The number of benzene rings is 1. The largest absolute Gasteiger partial charge is 0.469 e. The predicted octanol–water partition coefficient (Wildman–Crippen LogP) is 2.69. The summed E-state index contributed by atoms with van der Waals surface area (Å²) in [6, 6.07) is 6.23. The molecular formula is C15H23NO2. The van der Waals surface area contributed by atoms with E-state index < -0.39 is 5.54 Å². The van der Waals surface area contributed by atoms with Crippen molar-refractivity contribution in [3.63, 3.8) is 0 Å². The van der Waals surface area contributed by atoms with Crippen LogP contribution in [0.25, 0.3) is 0 Å². The van der Waals surface area contributed by atoms with E-state index in [9.17, 15) is 4.79 Å². The van der Waals surface area contributed by atoms with Gasteiger partial charge < -0.3 is 10.5 Å². The number of hydrogen-bond donors (Lipinski definition) is 1. The van der Waals surface area contributed by atoms with Crippen LogP contribution < -0.4 is 5.73 Å². The molecule has 1 aromatic carbocycles. The highest BCUT2D eigenvalue weighted by atomic mass is 16.5. The molecule has 0 aromatic heterocycles. The van der Waals surface area contributed by atoms with Gasteiger partial charge in [-0.1, -0.05) is 23.8 Å². The second-order valence-corrected chi connectivity index (χ2v) is 5.51. The van der Waals surface area contributed by atoms with E-state index in [1.807, 2.05) is 13.8 Å². The molecule has 0 saturated heterocycles. The molecule has 1 rings (SSSR count). The van der Waals surface area contributed by atoms with Crippen LogP contribution in [-0.4, -0.2) is 18.6 Å². The Morgan fingerprint density at radius 2 is 2.00 bits per heavy atom. The van der Waals surface area contributed by atoms with E-state index in [4.69, 9.17) is 10.5 Å². The number of nitrogens with two attached hydrogens (primary N) is 1. The van der Waals surface area contributed by atoms with Crippen LogP contribution in [0.15, 0.2) is 18.2 Å². The maximum Gasteiger partial charge on any atom is 0.306 e. The number of carbonyl (C=O) groups is 1. The Morgan fingerprint density at radius 3 is 2.44 bits per heavy atom. The van der Waals surface area contributed by atoms with E-state index in [1.54, 1.807) is 0 Å². The van der Waals surface area contributed by atoms with Gasteiger partial charge in [0.15, 0.2) is 0 Å². The average molecular weight is 249 g/mol. The summed E-state index contributed by atoms with van der Waals surface area (Å²) in [5.41, 5.74) is 9.25. The van der Waals surface area contributed by atoms with Crippen molar-refractivity contribution in [1.29, 1.82) is 0 Å². The summed E-state index contributed by atoms with van der Waals surface area (Å²) in [7, 11) is 1.41. The van der Waals surface area contributed by atoms with Crippen molar-refractivity contribution in [1.82, 2.24) is 0 Å². The van der Waals surface area contributed by atoms with Gasteiger partial charge in [-0.2, -0.15) is 0 Å². The minimum atomic E-state index is -0.464. The number of esters is 1. The molecule has 0 fully saturated rings. The van der Waals surface area contributed by atoms with Gasteiger partial charge in [0.2, 0.25) is 0 Å². The first-order chi connectivity index (χ1) is 8.25. The van der Waals surface area contributed by atoms with Gasteiger partial charge in [0, 0.05) is 11.5 Å². The van der Waals surface area contributed by atoms with Gasteiger partial charge in [-0.3, -0.25) is 4.79 Å². The lowest BCUT2D eigenvalue weighted by Crippen LogP contribution is -2.40. The van der Waals surface area contributed by atoms with Gasteiger partial charge in [-0.15, -0.1) is 0 Å². The van der Waals surface area contributed by atoms with Crippen LogP contribution in [0.1, 0.15) is 42.9 Å². The van der Waals surface area contributed by atoms with Gasteiger partial charge in [-0.25, -0.2) is 0 Å². The third-order valence-electron chi connectivity index (χ3n) is 3.30. The second-order valence-electron chi connectivity index (χ2n) is 5.51. The zero-order valence-corrected chi connectivity index (χ0v) is 11.9. The van der Waals surface area contributed by atoms with Crippen molar-refractivity contribution in [2.75, 3.05) is 7.11 Å². The molecule has 1 atom stereocenters. The minimum absolute atomic E-state index is 0.0365. The van der Waals surface area contributed by atoms with Crippen molar-refractivity contribution in [2.24, 2.45) is 5.73 Å². The minimum Gasteiger partial charge on any atom is -0.469 e. The summed E-state index contributed by atoms with van der Waals surface area (Å²) in [4.78, 5) is 11.5. The first kappa shape index (κ1) is 14.7. The van der Waals surface area contributed by atoms with Crippen LogP contribution in [-0.2, 0) is 9.53 Å². The molecule has 0 bridgehead atoms. The van der Waals surface area contributed by atoms with Crippen molar-refractivity contribution in [3.05, 3.63) is 34.9 Å². The molecule has 0 amide bonds. The molecule has 0 aliphatic heterocycles. The molecule has 0 saturated carbocycles. The third-order valence-corrected chi connectivity index (χ3v) is 3.30. The molecule has 0 spiro atoms. The van der Waals surface area contributed by atoms with Crippen molar-refractivity contribution in [3.8, 4) is 0 Å². The summed E-state index contributed by atoms with van der Waals surface area (Å²) >= 11 is 0. The Balaban J connectivity index is 3.14. The van der Waals surface area contributed by atoms with E-state index in [1.165, 1.54) is 18.2 Å². The van der Waals surface area contributed by atoms with Crippen LogP contribution in [0.5, 0.6) is 0 Å². The first-order valence-electron chi connectivity index (χ1n) is 6.18. The van der Waals surface area contributed by atoms with E-state index in [-0.39, 0.29) is 11.9 Å². The number of rotatable bonds is 4. The quantitative estimate of drug-likeness (QED) is 0.835. The number of methoxy groups -OCH3 is 1. The lowest BCUT2D eigenvalue weighted by atomic mass is 9.78. The van der Waals surface area contributed by atoms with Crippen LogP contribution in [0.4, 0.5) is 0 Å². The fourth-order valence-electron chi connectivity index (χ4n) is 2.24. The number of ether oxygens (including phenoxy) is 1. The number of carbonyl (C=O) groups excluding carboxylic acids is 1. The lowest BCUT2D eigenvalue weighted by Gasteiger charge is -2.31. The first-order valence-corrected chi connectivity index (χ1v) is 6.18. The molecular weight excluding hydrogens is 226 g/mol. The molecule has 2 N–H and O–H groups in total. The van der Waals surface area contributed by atoms with Gasteiger partial charge in [-0.05, 0) is 38.8 Å². The smallest absolute Gasteiger partial charge is 0.306 e. The Morgan fingerprint density at radius 1 is 1.39 bits per heavy atom. The van der Waals surface area contributed by atoms with Gasteiger partial charge in [0.05, 0.1) is 13.5 Å². The highest BCUT2D eigenvalue weighted by molar-refractivity contribution is 5.70. The lowest BCUT2D eigenvalue weighted by molar-refractivity contribution is -0.141. The van der Waals surface area contributed by atoms with E-state index in [2.05, 4.69) is 32.0 Å². The van der Waals surface area contributed by atoms with Crippen molar-refractivity contribution >= 4 is 5.97 Å². The van der Waals surface area contributed by atoms with Crippen LogP contribution in [0.2, 0.25) is 0 Å². The van der Waals surface area contributed by atoms with E-state index >= 15 is 0 Å². The normalized spacial score (nSPS) is 13.2. The fraction of sp³-hybridized carbons (Fsp3) is 0.533. The standard InChI is InChI=1S/C15H23NO2/c1-10-6-7-12(11(2)8-10)13(15(3,4)16)9-14(17)18-5/h6-8,13H,9,16H2,1-5H3. The third kappa shape index (κ3) is 3.57. The summed E-state index contributed by atoms with van der Waals surface area (Å²) in [5, 5.41) is 0. The number of aryl methyl sites for hydroxylation is 2. The zero-order chi connectivity index (χ0) is 13.9. The Hall–Kier alpha value is -1.35. The molecule has 0 aliphatic rings. The summed E-state index contributed by atoms with van der Waals surface area (Å²) < 4.78 is 4.77. The summed E-state index contributed by atoms with van der Waals surface area (Å²) in [6.45, 7) is 8.00. The molecule has 3 nitrogen and oxygen atoms in total. The van der Waals surface area contributed by atoms with E-state index in [0.29, 0.717) is 6.42 Å². The predicted molar refractivity (Wildman–Crippen MR) is 73.6 cm³/mol. The van der Waals surface area contributed by atoms with Crippen molar-refractivity contribution in [2.45, 2.75) is 45.6 Å². The topological polar surface area (TPSA) is 52.3 Å². The maximum absolute atomic E-state index is 11.5. The zero-order valence-electron chi connectivity index (χ0n) is 11.9. The Bertz CT molecular complexity index is 433. The molecule has 100 valence electrons. The highest BCUT2D eigenvalue weighted by Crippen LogP contribution is 2.32. The highest BCUT2D eigenvalue weighted by Gasteiger charge is 2.30. The van der Waals surface area contributed by atoms with Crippen LogP contribution in [0.3, 0.4) is 0 Å². The van der Waals surface area contributed by atoms with Crippen LogP contribution in [0, 0.1) is 13.8 Å².